The molecule has 10 atom stereocenters. The highest BCUT2D eigenvalue weighted by atomic mass is 35.5. The van der Waals surface area contributed by atoms with Gasteiger partial charge in [0.1, 0.15) is 16.8 Å². The molecule has 5 rings (SSSR count). The molecule has 18 heteroatoms. The van der Waals surface area contributed by atoms with Crippen LogP contribution in [0, 0.1) is 29.6 Å². The molecule has 16 nitrogen and oxygen atoms in total. The third-order valence-electron chi connectivity index (χ3n) is 10.9. The number of nitrogens with one attached hydrogen (secondary N) is 4. The third-order valence-corrected chi connectivity index (χ3v) is 10.9. The molecule has 0 radical (unpaired) electrons. The molecule has 370 valence electrons. The van der Waals surface area contributed by atoms with Crippen LogP contribution < -0.4 is 32.7 Å². The highest BCUT2D eigenvalue weighted by Gasteiger charge is 2.32. The Labute approximate surface area is 389 Å². The van der Waals surface area contributed by atoms with E-state index in [0.29, 0.717) is 41.7 Å². The average Bonchev–Trinajstić information content (AvgIpc) is 3.83. The van der Waals surface area contributed by atoms with Crippen LogP contribution in [0.15, 0.2) is 0 Å². The zero-order chi connectivity index (χ0) is 46.3. The number of carbonyl (C=O) groups excluding carboxylic acids is 3. The van der Waals surface area contributed by atoms with Crippen molar-refractivity contribution in [2.45, 2.75) is 144 Å². The summed E-state index contributed by atoms with van der Waals surface area (Å²) in [4.78, 5) is 43.4. The van der Waals surface area contributed by atoms with E-state index in [2.05, 4.69) is 104 Å². The first kappa shape index (κ1) is 62.2. The lowest BCUT2D eigenvalue weighted by Crippen LogP contribution is -2.42. The van der Waals surface area contributed by atoms with Crippen LogP contribution in [-0.2, 0) is 14.2 Å². The molecule has 0 saturated carbocycles. The lowest BCUT2D eigenvalue weighted by Gasteiger charge is -2.23. The number of ether oxygens (including phenoxy) is 3. The molecule has 5 aliphatic rings. The highest BCUT2D eigenvalue weighted by molar-refractivity contribution is 5.85. The number of halogens is 2. The van der Waals surface area contributed by atoms with Gasteiger partial charge in [-0.25, -0.2) is 14.4 Å². The molecular formula is C44H94Cl2N10O6. The van der Waals surface area contributed by atoms with Gasteiger partial charge in [-0.05, 0) is 127 Å². The lowest BCUT2D eigenvalue weighted by molar-refractivity contribution is 0.0486. The first-order valence-electron chi connectivity index (χ1n) is 22.3. The van der Waals surface area contributed by atoms with Gasteiger partial charge < -0.3 is 66.5 Å². The van der Waals surface area contributed by atoms with Crippen molar-refractivity contribution in [1.82, 2.24) is 40.9 Å². The quantitative estimate of drug-likeness (QED) is 0.214. The smallest absolute Gasteiger partial charge is 0.407 e. The molecule has 62 heavy (non-hydrogen) atoms. The fourth-order valence-corrected chi connectivity index (χ4v) is 7.66. The zero-order valence-electron chi connectivity index (χ0n) is 42.1. The minimum absolute atomic E-state index is 0. The normalized spacial score (nSPS) is 30.2. The number of amides is 3. The number of rotatable bonds is 3. The molecule has 5 saturated heterocycles. The number of nitrogens with zero attached hydrogens (tertiary/aromatic N) is 4. The van der Waals surface area contributed by atoms with E-state index in [9.17, 15) is 14.4 Å². The van der Waals surface area contributed by atoms with Crippen LogP contribution in [0.1, 0.15) is 96.9 Å². The summed E-state index contributed by atoms with van der Waals surface area (Å²) < 4.78 is 15.6. The van der Waals surface area contributed by atoms with Crippen LogP contribution >= 0.6 is 24.8 Å². The molecule has 0 aliphatic carbocycles. The van der Waals surface area contributed by atoms with Crippen LogP contribution in [-0.4, -0.2) is 179 Å². The van der Waals surface area contributed by atoms with E-state index < -0.39 is 16.8 Å². The van der Waals surface area contributed by atoms with Gasteiger partial charge in [0.05, 0.1) is 0 Å². The van der Waals surface area contributed by atoms with E-state index in [0.717, 1.165) is 52.4 Å². The van der Waals surface area contributed by atoms with Crippen molar-refractivity contribution in [3.63, 3.8) is 0 Å². The second-order valence-corrected chi connectivity index (χ2v) is 21.5. The maximum Gasteiger partial charge on any atom is 0.407 e. The summed E-state index contributed by atoms with van der Waals surface area (Å²) in [5, 5.41) is 11.9. The molecule has 8 N–H and O–H groups in total. The van der Waals surface area contributed by atoms with Crippen LogP contribution in [0.4, 0.5) is 14.4 Å². The Bertz CT molecular complexity index is 1190. The maximum absolute atomic E-state index is 11.5. The summed E-state index contributed by atoms with van der Waals surface area (Å²) in [6, 6.07) is 1.46. The minimum Gasteiger partial charge on any atom is -0.444 e. The zero-order valence-corrected chi connectivity index (χ0v) is 43.7. The van der Waals surface area contributed by atoms with Crippen molar-refractivity contribution in [3.05, 3.63) is 0 Å². The van der Waals surface area contributed by atoms with E-state index in [4.69, 9.17) is 25.7 Å². The minimum atomic E-state index is -0.419. The molecule has 0 aromatic rings. The Kier molecular flexibility index (Phi) is 28.3. The Morgan fingerprint density at radius 1 is 0.452 bits per heavy atom. The van der Waals surface area contributed by atoms with Gasteiger partial charge >= 0.3 is 18.3 Å². The van der Waals surface area contributed by atoms with Gasteiger partial charge in [-0.15, -0.1) is 24.8 Å². The molecule has 0 bridgehead atoms. The van der Waals surface area contributed by atoms with E-state index >= 15 is 0 Å². The SMILES string of the molecule is C[C@@H]1CN(C)C[C@H]1N.C[C@@H]1CN(C)C[C@H]1NC(=O)OC(C)(C)C.C[C@H]1CN(C)C[C@@H]1N.C[C@H]1CN(C)C[C@@H]1NC(=O)OC(C)(C)C.C[C@H]1CNC[C@@H]1NC(=O)OC(C)(C)C.Cl.Cl. The van der Waals surface area contributed by atoms with Crippen molar-refractivity contribution >= 4 is 43.1 Å². The Hall–Kier alpha value is -1.89. The van der Waals surface area contributed by atoms with E-state index in [1.54, 1.807) is 0 Å². The van der Waals surface area contributed by atoms with E-state index in [1.165, 1.54) is 13.1 Å². The number of likely N-dealkylation sites (N-methyl/N-ethyl adjacent to an activating group) is 4. The molecule has 0 aromatic heterocycles. The number of hydrogen-bond donors (Lipinski definition) is 6. The number of hydrogen-bond acceptors (Lipinski definition) is 13. The standard InChI is InChI=1S/2C11H22N2O2.C10H20N2O2.2C6H14N2.2ClH/c2*1-8-6-13(5)7-9(8)12-10(14)15-11(2,3)4;1-7-5-11-6-8(7)12-9(13)14-10(2,3)4;2*1-5-3-8(2)4-6(5)7;;/h2*8-9H,6-7H2,1-5H3,(H,12,14);7-8,11H,5-6H2,1-4H3,(H,12,13);2*5-6H,3-4,7H2,1-2H3;2*1H/t2*8-,9-;7-,8-;2*5-,6-;;/m10010../s1. The molecule has 5 fully saturated rings. The molecule has 0 spiro atoms. The monoisotopic (exact) mass is 929 g/mol. The van der Waals surface area contributed by atoms with Gasteiger partial charge in [0.15, 0.2) is 0 Å². The Balaban J connectivity index is 0. The highest BCUT2D eigenvalue weighted by Crippen LogP contribution is 2.17. The van der Waals surface area contributed by atoms with Crippen LogP contribution in [0.2, 0.25) is 0 Å². The summed E-state index contributed by atoms with van der Waals surface area (Å²) in [5.41, 5.74) is 10.2. The van der Waals surface area contributed by atoms with Gasteiger partial charge in [0.25, 0.3) is 0 Å². The molecule has 0 aromatic carbocycles. The molecule has 0 unspecified atom stereocenters. The predicted octanol–water partition coefficient (Wildman–Crippen LogP) is 4.68. The average molecular weight is 930 g/mol. The lowest BCUT2D eigenvalue weighted by atomic mass is 10.1. The largest absolute Gasteiger partial charge is 0.444 e. The van der Waals surface area contributed by atoms with Crippen LogP contribution in [0.25, 0.3) is 0 Å². The number of alkyl carbamates (subject to hydrolysis) is 3. The summed E-state index contributed by atoms with van der Waals surface area (Å²) in [5.74, 6) is 2.84. The Morgan fingerprint density at radius 3 is 0.903 bits per heavy atom. The van der Waals surface area contributed by atoms with Gasteiger partial charge in [-0.3, -0.25) is 0 Å². The number of carbonyl (C=O) groups is 3. The second-order valence-electron chi connectivity index (χ2n) is 21.5. The fourth-order valence-electron chi connectivity index (χ4n) is 7.66. The summed E-state index contributed by atoms with van der Waals surface area (Å²) in [6.07, 6.45) is -0.942. The second kappa shape index (κ2) is 28.2. The third kappa shape index (κ3) is 27.4. The summed E-state index contributed by atoms with van der Waals surface area (Å²) in [6.45, 7) is 37.8. The van der Waals surface area contributed by atoms with Crippen LogP contribution in [0.5, 0.6) is 0 Å². The van der Waals surface area contributed by atoms with Gasteiger partial charge in [0.2, 0.25) is 0 Å². The predicted molar refractivity (Wildman–Crippen MR) is 259 cm³/mol. The van der Waals surface area contributed by atoms with Crippen molar-refractivity contribution in [2.75, 3.05) is 93.6 Å². The van der Waals surface area contributed by atoms with Crippen molar-refractivity contribution in [2.24, 2.45) is 41.1 Å². The van der Waals surface area contributed by atoms with Gasteiger partial charge in [-0.1, -0.05) is 34.6 Å². The summed E-state index contributed by atoms with van der Waals surface area (Å²) in [7, 11) is 8.35. The maximum atomic E-state index is 11.5. The number of likely N-dealkylation sites (tertiary alicyclic amines) is 4. The molecule has 5 heterocycles. The first-order valence-corrected chi connectivity index (χ1v) is 22.3. The van der Waals surface area contributed by atoms with E-state index in [1.807, 2.05) is 62.3 Å². The molecule has 3 amide bonds. The van der Waals surface area contributed by atoms with E-state index in [-0.39, 0.29) is 61.2 Å². The number of nitrogens with two attached hydrogens (primary N) is 2. The summed E-state index contributed by atoms with van der Waals surface area (Å²) >= 11 is 0. The van der Waals surface area contributed by atoms with Crippen molar-refractivity contribution in [1.29, 1.82) is 0 Å². The van der Waals surface area contributed by atoms with Gasteiger partial charge in [0, 0.05) is 89.1 Å². The molecular weight excluding hydrogens is 835 g/mol. The van der Waals surface area contributed by atoms with Crippen molar-refractivity contribution < 1.29 is 28.6 Å². The fraction of sp³-hybridized carbons (Fsp3) is 0.932. The Morgan fingerprint density at radius 2 is 0.726 bits per heavy atom. The molecule has 5 aliphatic heterocycles. The topological polar surface area (TPSA) is 192 Å². The van der Waals surface area contributed by atoms with Crippen LogP contribution in [0.3, 0.4) is 0 Å². The van der Waals surface area contributed by atoms with Crippen molar-refractivity contribution in [3.8, 4) is 0 Å². The van der Waals surface area contributed by atoms with Gasteiger partial charge in [-0.2, -0.15) is 0 Å². The first-order chi connectivity index (χ1) is 27.3.